The minimum Gasteiger partial charge on any atom is -0.381 e. The van der Waals surface area contributed by atoms with Gasteiger partial charge in [0.25, 0.3) is 0 Å². The minimum absolute atomic E-state index is 0.498. The topological polar surface area (TPSA) is 15.3 Å². The van der Waals surface area contributed by atoms with Crippen molar-refractivity contribution in [1.29, 1.82) is 0 Å². The molecule has 0 spiro atoms. The Bertz CT molecular complexity index is 395. The molecule has 1 N–H and O–H groups in total. The van der Waals surface area contributed by atoms with Gasteiger partial charge in [-0.15, -0.1) is 0 Å². The number of benzene rings is 1. The van der Waals surface area contributed by atoms with Crippen molar-refractivity contribution in [2.75, 3.05) is 25.0 Å². The Hall–Kier alpha value is -0.440. The summed E-state index contributed by atoms with van der Waals surface area (Å²) in [5.41, 5.74) is 0.958. The molecule has 2 rings (SSSR count). The molecule has 18 heavy (non-hydrogen) atoms. The molecule has 2 nitrogen and oxygen atoms in total. The molecule has 1 aliphatic rings. The zero-order valence-electron chi connectivity index (χ0n) is 10.8. The Morgan fingerprint density at radius 1 is 1.28 bits per heavy atom. The van der Waals surface area contributed by atoms with E-state index in [2.05, 4.69) is 17.1 Å². The average Bonchev–Trinajstić information content (AvgIpc) is 2.59. The summed E-state index contributed by atoms with van der Waals surface area (Å²) in [7, 11) is 0. The van der Waals surface area contributed by atoms with Crippen molar-refractivity contribution in [2.24, 2.45) is 0 Å². The van der Waals surface area contributed by atoms with Gasteiger partial charge in [-0.25, -0.2) is 0 Å². The van der Waals surface area contributed by atoms with Crippen LogP contribution in [0.1, 0.15) is 26.2 Å². The number of rotatable bonds is 3. The molecular weight excluding hydrogens is 267 g/mol. The third-order valence-electron chi connectivity index (χ3n) is 3.56. The molecule has 0 bridgehead atoms. The van der Waals surface area contributed by atoms with Gasteiger partial charge in [-0.2, -0.15) is 0 Å². The number of halogens is 2. The number of hydrogen-bond acceptors (Lipinski definition) is 2. The van der Waals surface area contributed by atoms with Gasteiger partial charge in [0, 0.05) is 17.6 Å². The highest BCUT2D eigenvalue weighted by Gasteiger charge is 2.16. The van der Waals surface area contributed by atoms with E-state index in [1.165, 1.54) is 19.4 Å². The second-order valence-corrected chi connectivity index (χ2v) is 5.67. The molecule has 1 saturated heterocycles. The lowest BCUT2D eigenvalue weighted by Gasteiger charge is -2.20. The van der Waals surface area contributed by atoms with Crippen LogP contribution in [0, 0.1) is 0 Å². The monoisotopic (exact) mass is 286 g/mol. The smallest absolute Gasteiger partial charge is 0.0638 e. The van der Waals surface area contributed by atoms with Crippen LogP contribution in [0.25, 0.3) is 0 Å². The standard InChI is InChI=1S/C14H20Cl2N2/c1-2-18-8-3-4-12(7-9-18)17-14-10-11(15)5-6-13(14)16/h5-6,10,12,17H,2-4,7-9H2,1H3. The highest BCUT2D eigenvalue weighted by atomic mass is 35.5. The van der Waals surface area contributed by atoms with Gasteiger partial charge in [0.1, 0.15) is 0 Å². The molecule has 0 aliphatic carbocycles. The van der Waals surface area contributed by atoms with Crippen LogP contribution in [0.2, 0.25) is 10.0 Å². The minimum atomic E-state index is 0.498. The van der Waals surface area contributed by atoms with Crippen LogP contribution in [0.3, 0.4) is 0 Å². The van der Waals surface area contributed by atoms with E-state index in [1.807, 2.05) is 18.2 Å². The normalized spacial score (nSPS) is 21.6. The van der Waals surface area contributed by atoms with Gasteiger partial charge < -0.3 is 10.2 Å². The fourth-order valence-electron chi connectivity index (χ4n) is 2.44. The Labute approximate surface area is 119 Å². The molecule has 1 aromatic rings. The highest BCUT2D eigenvalue weighted by molar-refractivity contribution is 6.35. The molecule has 1 unspecified atom stereocenters. The largest absolute Gasteiger partial charge is 0.381 e. The van der Waals surface area contributed by atoms with Crippen LogP contribution in [0.15, 0.2) is 18.2 Å². The van der Waals surface area contributed by atoms with Gasteiger partial charge in [0.05, 0.1) is 10.7 Å². The third kappa shape index (κ3) is 3.78. The maximum absolute atomic E-state index is 6.18. The zero-order valence-corrected chi connectivity index (χ0v) is 12.3. The quantitative estimate of drug-likeness (QED) is 0.892. The maximum Gasteiger partial charge on any atom is 0.0638 e. The number of hydrogen-bond donors (Lipinski definition) is 1. The van der Waals surface area contributed by atoms with Crippen LogP contribution >= 0.6 is 23.2 Å². The van der Waals surface area contributed by atoms with Crippen molar-refractivity contribution in [3.63, 3.8) is 0 Å². The van der Waals surface area contributed by atoms with E-state index >= 15 is 0 Å². The second kappa shape index (κ2) is 6.65. The van der Waals surface area contributed by atoms with Gasteiger partial charge in [-0.05, 0) is 50.6 Å². The molecule has 1 aromatic carbocycles. The van der Waals surface area contributed by atoms with E-state index < -0.39 is 0 Å². The van der Waals surface area contributed by atoms with E-state index in [1.54, 1.807) is 0 Å². The molecule has 0 aromatic heterocycles. The lowest BCUT2D eigenvalue weighted by atomic mass is 10.1. The van der Waals surface area contributed by atoms with Crippen LogP contribution < -0.4 is 5.32 Å². The number of nitrogens with zero attached hydrogens (tertiary/aromatic N) is 1. The molecule has 4 heteroatoms. The molecular formula is C14H20Cl2N2. The summed E-state index contributed by atoms with van der Waals surface area (Å²) in [6, 6.07) is 6.08. The lowest BCUT2D eigenvalue weighted by Crippen LogP contribution is -2.26. The number of likely N-dealkylation sites (tertiary alicyclic amines) is 1. The van der Waals surface area contributed by atoms with E-state index in [0.29, 0.717) is 6.04 Å². The SMILES string of the molecule is CCN1CCCC(Nc2cc(Cl)ccc2Cl)CC1. The number of anilines is 1. The summed E-state index contributed by atoms with van der Waals surface area (Å²) in [6.07, 6.45) is 3.60. The predicted octanol–water partition coefficient (Wildman–Crippen LogP) is 4.28. The fraction of sp³-hybridized carbons (Fsp3) is 0.571. The van der Waals surface area contributed by atoms with Crippen LogP contribution in [-0.2, 0) is 0 Å². The van der Waals surface area contributed by atoms with Crippen LogP contribution in [0.5, 0.6) is 0 Å². The first-order chi connectivity index (χ1) is 8.69. The van der Waals surface area contributed by atoms with Crippen molar-refractivity contribution in [1.82, 2.24) is 4.90 Å². The van der Waals surface area contributed by atoms with E-state index in [9.17, 15) is 0 Å². The van der Waals surface area contributed by atoms with E-state index in [-0.39, 0.29) is 0 Å². The van der Waals surface area contributed by atoms with Crippen molar-refractivity contribution in [2.45, 2.75) is 32.2 Å². The van der Waals surface area contributed by atoms with Crippen LogP contribution in [0.4, 0.5) is 5.69 Å². The molecule has 1 atom stereocenters. The van der Waals surface area contributed by atoms with Crippen LogP contribution in [-0.4, -0.2) is 30.6 Å². The molecule has 100 valence electrons. The summed E-state index contributed by atoms with van der Waals surface area (Å²) in [5.74, 6) is 0. The lowest BCUT2D eigenvalue weighted by molar-refractivity contribution is 0.300. The predicted molar refractivity (Wildman–Crippen MR) is 79.8 cm³/mol. The molecule has 1 fully saturated rings. The first-order valence-electron chi connectivity index (χ1n) is 6.63. The average molecular weight is 287 g/mol. The molecule has 1 aliphatic heterocycles. The first kappa shape index (κ1) is 14.0. The Kier molecular flexibility index (Phi) is 5.16. The Morgan fingerprint density at radius 3 is 2.89 bits per heavy atom. The zero-order chi connectivity index (χ0) is 13.0. The first-order valence-corrected chi connectivity index (χ1v) is 7.38. The van der Waals surface area contributed by atoms with Crippen molar-refractivity contribution >= 4 is 28.9 Å². The van der Waals surface area contributed by atoms with E-state index in [0.717, 1.165) is 35.2 Å². The van der Waals surface area contributed by atoms with Crippen molar-refractivity contribution < 1.29 is 0 Å². The summed E-state index contributed by atoms with van der Waals surface area (Å²) in [4.78, 5) is 2.50. The third-order valence-corrected chi connectivity index (χ3v) is 4.12. The molecule has 0 radical (unpaired) electrons. The molecule has 0 saturated carbocycles. The summed E-state index contributed by atoms with van der Waals surface area (Å²) >= 11 is 12.2. The van der Waals surface area contributed by atoms with E-state index in [4.69, 9.17) is 23.2 Å². The summed E-state index contributed by atoms with van der Waals surface area (Å²) in [5, 5.41) is 5.01. The Morgan fingerprint density at radius 2 is 2.11 bits per heavy atom. The summed E-state index contributed by atoms with van der Waals surface area (Å²) < 4.78 is 0. The van der Waals surface area contributed by atoms with Crippen molar-refractivity contribution in [3.05, 3.63) is 28.2 Å². The van der Waals surface area contributed by atoms with Gasteiger partial charge in [-0.1, -0.05) is 30.1 Å². The Balaban J connectivity index is 1.98. The highest BCUT2D eigenvalue weighted by Crippen LogP contribution is 2.27. The van der Waals surface area contributed by atoms with Gasteiger partial charge >= 0.3 is 0 Å². The van der Waals surface area contributed by atoms with Gasteiger partial charge in [0.15, 0.2) is 0 Å². The fourth-order valence-corrected chi connectivity index (χ4v) is 2.79. The van der Waals surface area contributed by atoms with Gasteiger partial charge in [0.2, 0.25) is 0 Å². The van der Waals surface area contributed by atoms with Gasteiger partial charge in [-0.3, -0.25) is 0 Å². The number of nitrogens with one attached hydrogen (secondary N) is 1. The van der Waals surface area contributed by atoms with Crippen molar-refractivity contribution in [3.8, 4) is 0 Å². The summed E-state index contributed by atoms with van der Waals surface area (Å²) in [6.45, 7) is 5.73. The molecule has 1 heterocycles. The maximum atomic E-state index is 6.18. The molecule has 0 amide bonds. The second-order valence-electron chi connectivity index (χ2n) is 4.83.